The van der Waals surface area contributed by atoms with E-state index in [0.717, 1.165) is 26.6 Å². The van der Waals surface area contributed by atoms with E-state index in [1.165, 1.54) is 36.8 Å². The Morgan fingerprint density at radius 2 is 1.93 bits per heavy atom. The molecule has 8 heteroatoms. The highest BCUT2D eigenvalue weighted by Gasteiger charge is 2.30. The molecule has 4 rings (SSSR count). The number of hydrogen-bond acceptors (Lipinski definition) is 4. The number of halogens is 3. The summed E-state index contributed by atoms with van der Waals surface area (Å²) in [7, 11) is 3.06. The minimum atomic E-state index is -4.36. The molecule has 0 saturated heterocycles. The maximum absolute atomic E-state index is 13.0. The van der Waals surface area contributed by atoms with Gasteiger partial charge in [0.15, 0.2) is 0 Å². The predicted octanol–water partition coefficient (Wildman–Crippen LogP) is 5.70. The van der Waals surface area contributed by atoms with Crippen molar-refractivity contribution in [3.05, 3.63) is 76.4 Å². The van der Waals surface area contributed by atoms with Gasteiger partial charge in [-0.3, -0.25) is 0 Å². The number of methoxy groups -OCH3 is 1. The number of thiophene rings is 1. The smallest absolute Gasteiger partial charge is 0.416 e. The molecule has 0 bridgehead atoms. The zero-order valence-electron chi connectivity index (χ0n) is 16.2. The van der Waals surface area contributed by atoms with Gasteiger partial charge in [-0.2, -0.15) is 13.2 Å². The fourth-order valence-electron chi connectivity index (χ4n) is 3.39. The Hall–Kier alpha value is -3.13. The lowest BCUT2D eigenvalue weighted by Gasteiger charge is -2.08. The van der Waals surface area contributed by atoms with Gasteiger partial charge in [-0.25, -0.2) is 9.78 Å². The van der Waals surface area contributed by atoms with Crippen LogP contribution in [0.15, 0.2) is 54.7 Å². The summed E-state index contributed by atoms with van der Waals surface area (Å²) in [4.78, 5) is 17.2. The summed E-state index contributed by atoms with van der Waals surface area (Å²) in [5.41, 5.74) is 1.14. The van der Waals surface area contributed by atoms with Crippen LogP contribution in [0.5, 0.6) is 0 Å². The van der Waals surface area contributed by atoms with E-state index in [4.69, 9.17) is 4.74 Å². The van der Waals surface area contributed by atoms with Gasteiger partial charge in [-0.05, 0) is 29.1 Å². The van der Waals surface area contributed by atoms with Crippen LogP contribution in [-0.4, -0.2) is 22.6 Å². The third-order valence-corrected chi connectivity index (χ3v) is 6.04. The van der Waals surface area contributed by atoms with Crippen LogP contribution in [0.4, 0.5) is 13.2 Å². The summed E-state index contributed by atoms with van der Waals surface area (Å²) in [6, 6.07) is 13.1. The summed E-state index contributed by atoms with van der Waals surface area (Å²) < 4.78 is 46.4. The number of esters is 1. The number of carbonyl (C=O) groups excluding carboxylic acids is 1. The average molecular weight is 430 g/mol. The summed E-state index contributed by atoms with van der Waals surface area (Å²) in [5.74, 6) is 0.147. The maximum Gasteiger partial charge on any atom is 0.416 e. The highest BCUT2D eigenvalue weighted by atomic mass is 32.1. The fraction of sp³-hybridized carbons (Fsp3) is 0.182. The molecule has 4 aromatic rings. The Kier molecular flexibility index (Phi) is 5.11. The second-order valence-corrected chi connectivity index (χ2v) is 7.97. The molecule has 0 fully saturated rings. The second-order valence-electron chi connectivity index (χ2n) is 6.83. The number of ether oxygens (including phenoxy) is 1. The lowest BCUT2D eigenvalue weighted by molar-refractivity contribution is -0.137. The van der Waals surface area contributed by atoms with E-state index in [-0.39, 0.29) is 0 Å². The molecule has 0 aliphatic heterocycles. The topological polar surface area (TPSA) is 44.1 Å². The van der Waals surface area contributed by atoms with Crippen LogP contribution < -0.4 is 0 Å². The Balaban J connectivity index is 1.72. The molecule has 0 saturated carbocycles. The van der Waals surface area contributed by atoms with Crippen molar-refractivity contribution < 1.29 is 22.7 Å². The molecular weight excluding hydrogens is 413 g/mol. The monoisotopic (exact) mass is 430 g/mol. The first-order valence-electron chi connectivity index (χ1n) is 9.06. The zero-order chi connectivity index (χ0) is 21.5. The Bertz CT molecular complexity index is 1240. The van der Waals surface area contributed by atoms with Crippen molar-refractivity contribution in [2.24, 2.45) is 7.05 Å². The molecule has 30 heavy (non-hydrogen) atoms. The van der Waals surface area contributed by atoms with E-state index in [2.05, 4.69) is 4.98 Å². The largest absolute Gasteiger partial charge is 0.464 e. The summed E-state index contributed by atoms with van der Waals surface area (Å²) in [6.07, 6.45) is -2.49. The van der Waals surface area contributed by atoms with Gasteiger partial charge >= 0.3 is 12.1 Å². The molecular formula is C22H17F3N2O2S. The molecule has 4 nitrogen and oxygen atoms in total. The highest BCUT2D eigenvalue weighted by molar-refractivity contribution is 7.19. The molecule has 2 aromatic heterocycles. The van der Waals surface area contributed by atoms with Crippen molar-refractivity contribution >= 4 is 27.4 Å². The van der Waals surface area contributed by atoms with Gasteiger partial charge < -0.3 is 9.30 Å². The Morgan fingerprint density at radius 1 is 1.17 bits per heavy atom. The van der Waals surface area contributed by atoms with E-state index in [0.29, 0.717) is 23.5 Å². The van der Waals surface area contributed by atoms with E-state index in [1.54, 1.807) is 17.7 Å². The molecule has 154 valence electrons. The molecule has 0 atom stereocenters. The van der Waals surface area contributed by atoms with Gasteiger partial charge in [-0.15, -0.1) is 11.3 Å². The van der Waals surface area contributed by atoms with E-state index < -0.39 is 17.7 Å². The standard InChI is InChI=1S/C22H17F3N2O2S/c1-27-18(21(28)29-2)12-26-20(27)17-8-4-6-14-11-16(30-19(14)17)10-13-5-3-7-15(9-13)22(23,24)25/h3-9,11-12H,10H2,1-2H3. The molecule has 2 heterocycles. The van der Waals surface area contributed by atoms with Crippen molar-refractivity contribution in [3.8, 4) is 11.4 Å². The number of benzene rings is 2. The third kappa shape index (κ3) is 3.70. The lowest BCUT2D eigenvalue weighted by atomic mass is 10.1. The van der Waals surface area contributed by atoms with Crippen LogP contribution in [0.3, 0.4) is 0 Å². The van der Waals surface area contributed by atoms with Crippen molar-refractivity contribution in [2.45, 2.75) is 12.6 Å². The molecule has 0 N–H and O–H groups in total. The number of imidazole rings is 1. The summed E-state index contributed by atoms with van der Waals surface area (Å²) in [6.45, 7) is 0. The van der Waals surface area contributed by atoms with E-state index in [9.17, 15) is 18.0 Å². The Morgan fingerprint density at radius 3 is 2.67 bits per heavy atom. The average Bonchev–Trinajstić information content (AvgIpc) is 3.29. The first-order valence-corrected chi connectivity index (χ1v) is 9.87. The molecule has 0 amide bonds. The van der Waals surface area contributed by atoms with Crippen molar-refractivity contribution in [2.75, 3.05) is 7.11 Å². The van der Waals surface area contributed by atoms with Crippen molar-refractivity contribution in [1.29, 1.82) is 0 Å². The maximum atomic E-state index is 13.0. The zero-order valence-corrected chi connectivity index (χ0v) is 17.0. The van der Waals surface area contributed by atoms with Crippen molar-refractivity contribution in [3.63, 3.8) is 0 Å². The van der Waals surface area contributed by atoms with Gasteiger partial charge in [0, 0.05) is 28.6 Å². The first kappa shape index (κ1) is 20.2. The molecule has 0 unspecified atom stereocenters. The number of aromatic nitrogens is 2. The van der Waals surface area contributed by atoms with Crippen LogP contribution in [-0.2, 0) is 24.4 Å². The van der Waals surface area contributed by atoms with Crippen LogP contribution in [0.25, 0.3) is 21.5 Å². The Labute approximate surface area is 174 Å². The first-order chi connectivity index (χ1) is 14.3. The minimum absolute atomic E-state index is 0.338. The van der Waals surface area contributed by atoms with Crippen LogP contribution in [0.1, 0.15) is 26.5 Å². The van der Waals surface area contributed by atoms with Crippen LogP contribution >= 0.6 is 11.3 Å². The van der Waals surface area contributed by atoms with Crippen LogP contribution in [0.2, 0.25) is 0 Å². The van der Waals surface area contributed by atoms with Gasteiger partial charge in [-0.1, -0.05) is 30.3 Å². The van der Waals surface area contributed by atoms with Crippen LogP contribution in [0, 0.1) is 0 Å². The quantitative estimate of drug-likeness (QED) is 0.390. The number of rotatable bonds is 4. The number of hydrogen-bond donors (Lipinski definition) is 0. The minimum Gasteiger partial charge on any atom is -0.464 e. The summed E-state index contributed by atoms with van der Waals surface area (Å²) in [5, 5.41) is 0.974. The molecule has 0 radical (unpaired) electrons. The third-order valence-electron chi connectivity index (χ3n) is 4.85. The number of fused-ring (bicyclic) bond motifs is 1. The number of carbonyl (C=O) groups is 1. The summed E-state index contributed by atoms with van der Waals surface area (Å²) >= 11 is 1.51. The van der Waals surface area contributed by atoms with Crippen molar-refractivity contribution in [1.82, 2.24) is 9.55 Å². The van der Waals surface area contributed by atoms with Gasteiger partial charge in [0.25, 0.3) is 0 Å². The van der Waals surface area contributed by atoms with Gasteiger partial charge in [0.2, 0.25) is 0 Å². The van der Waals surface area contributed by atoms with Gasteiger partial charge in [0.1, 0.15) is 11.5 Å². The van der Waals surface area contributed by atoms with E-state index in [1.807, 2.05) is 24.3 Å². The molecule has 0 aliphatic carbocycles. The number of nitrogens with zero attached hydrogens (tertiary/aromatic N) is 2. The predicted molar refractivity (Wildman–Crippen MR) is 110 cm³/mol. The highest BCUT2D eigenvalue weighted by Crippen LogP contribution is 2.36. The fourth-order valence-corrected chi connectivity index (χ4v) is 4.59. The SMILES string of the molecule is COC(=O)c1cnc(-c2cccc3cc(Cc4cccc(C(F)(F)F)c4)sc23)n1C. The molecule has 0 spiro atoms. The van der Waals surface area contributed by atoms with Gasteiger partial charge in [0.05, 0.1) is 18.9 Å². The number of alkyl halides is 3. The second kappa shape index (κ2) is 7.60. The molecule has 2 aromatic carbocycles. The van der Waals surface area contributed by atoms with E-state index >= 15 is 0 Å². The molecule has 0 aliphatic rings. The lowest BCUT2D eigenvalue weighted by Crippen LogP contribution is -2.08. The normalized spacial score (nSPS) is 11.8.